The van der Waals surface area contributed by atoms with Gasteiger partial charge in [0.25, 0.3) is 0 Å². The summed E-state index contributed by atoms with van der Waals surface area (Å²) < 4.78 is 28.3. The Morgan fingerprint density at radius 3 is 2.50 bits per heavy atom. The van der Waals surface area contributed by atoms with Crippen LogP contribution in [-0.2, 0) is 23.7 Å². The Morgan fingerprint density at radius 1 is 1.21 bits per heavy atom. The fourth-order valence-electron chi connectivity index (χ4n) is 3.07. The van der Waals surface area contributed by atoms with Gasteiger partial charge in [0.15, 0.2) is 18.2 Å². The summed E-state index contributed by atoms with van der Waals surface area (Å²) in [4.78, 5) is 12.4. The monoisotopic (exact) mass is 338 g/mol. The van der Waals surface area contributed by atoms with Gasteiger partial charge >= 0.3 is 5.97 Å². The SMILES string of the molecule is CO[C@@H]1O[C@H](CO)[C@@H]2OC(C)(C)O[C@@H]2[C@@H]1OC(=O)c1ccccc1. The quantitative estimate of drug-likeness (QED) is 0.823. The number of benzene rings is 1. The first-order chi connectivity index (χ1) is 11.4. The van der Waals surface area contributed by atoms with Crippen molar-refractivity contribution in [1.29, 1.82) is 0 Å². The second-order valence-corrected chi connectivity index (χ2v) is 6.26. The maximum atomic E-state index is 12.4. The molecule has 2 saturated heterocycles. The largest absolute Gasteiger partial charge is 0.450 e. The maximum Gasteiger partial charge on any atom is 0.338 e. The third-order valence-corrected chi connectivity index (χ3v) is 4.10. The van der Waals surface area contributed by atoms with Crippen LogP contribution >= 0.6 is 0 Å². The number of rotatable bonds is 4. The fraction of sp³-hybridized carbons (Fsp3) is 0.588. The van der Waals surface area contributed by atoms with E-state index >= 15 is 0 Å². The number of aliphatic hydroxyl groups excluding tert-OH is 1. The van der Waals surface area contributed by atoms with Crippen molar-refractivity contribution in [2.75, 3.05) is 13.7 Å². The Hall–Kier alpha value is -1.51. The Bertz CT molecular complexity index is 574. The molecule has 7 nitrogen and oxygen atoms in total. The average molecular weight is 338 g/mol. The van der Waals surface area contributed by atoms with Crippen LogP contribution in [0.5, 0.6) is 0 Å². The summed E-state index contributed by atoms with van der Waals surface area (Å²) in [5.41, 5.74) is 0.423. The third-order valence-electron chi connectivity index (χ3n) is 4.10. The van der Waals surface area contributed by atoms with E-state index in [0.29, 0.717) is 5.56 Å². The lowest BCUT2D eigenvalue weighted by Crippen LogP contribution is -2.59. The molecule has 0 radical (unpaired) electrons. The molecule has 2 heterocycles. The van der Waals surface area contributed by atoms with Crippen LogP contribution in [0.1, 0.15) is 24.2 Å². The first-order valence-corrected chi connectivity index (χ1v) is 7.86. The zero-order valence-corrected chi connectivity index (χ0v) is 13.9. The number of aliphatic hydroxyl groups is 1. The highest BCUT2D eigenvalue weighted by molar-refractivity contribution is 5.89. The minimum Gasteiger partial charge on any atom is -0.450 e. The Labute approximate surface area is 140 Å². The van der Waals surface area contributed by atoms with Gasteiger partial charge in [-0.15, -0.1) is 0 Å². The number of methoxy groups -OCH3 is 1. The van der Waals surface area contributed by atoms with Crippen molar-refractivity contribution in [2.24, 2.45) is 0 Å². The topological polar surface area (TPSA) is 83.5 Å². The van der Waals surface area contributed by atoms with E-state index in [2.05, 4.69) is 0 Å². The predicted molar refractivity (Wildman–Crippen MR) is 82.2 cm³/mol. The minimum absolute atomic E-state index is 0.250. The molecule has 2 fully saturated rings. The normalized spacial score (nSPS) is 34.6. The van der Waals surface area contributed by atoms with Gasteiger partial charge in [0.2, 0.25) is 0 Å². The van der Waals surface area contributed by atoms with Crippen molar-refractivity contribution in [3.8, 4) is 0 Å². The molecule has 0 aromatic heterocycles. The van der Waals surface area contributed by atoms with Crippen molar-refractivity contribution in [3.63, 3.8) is 0 Å². The summed E-state index contributed by atoms with van der Waals surface area (Å²) >= 11 is 0. The van der Waals surface area contributed by atoms with E-state index in [-0.39, 0.29) is 6.61 Å². The van der Waals surface area contributed by atoms with E-state index in [1.807, 2.05) is 6.07 Å². The molecule has 0 bridgehead atoms. The van der Waals surface area contributed by atoms with Gasteiger partial charge in [-0.1, -0.05) is 18.2 Å². The van der Waals surface area contributed by atoms with E-state index < -0.39 is 42.5 Å². The maximum absolute atomic E-state index is 12.4. The van der Waals surface area contributed by atoms with Crippen LogP contribution in [0.25, 0.3) is 0 Å². The summed E-state index contributed by atoms with van der Waals surface area (Å²) in [5, 5.41) is 9.54. The minimum atomic E-state index is -0.869. The molecule has 0 amide bonds. The van der Waals surface area contributed by atoms with Crippen LogP contribution in [0.15, 0.2) is 30.3 Å². The standard InChI is InChI=1S/C17H22O7/c1-17(2)23-12-11(9-18)21-16(20-3)14(13(12)24-17)22-15(19)10-7-5-4-6-8-10/h4-8,11-14,16,18H,9H2,1-3H3/t11-,12+,13+,14+,16-/m1/s1. The van der Waals surface area contributed by atoms with E-state index in [9.17, 15) is 9.90 Å². The highest BCUT2D eigenvalue weighted by atomic mass is 16.8. The van der Waals surface area contributed by atoms with E-state index in [1.165, 1.54) is 7.11 Å². The van der Waals surface area contributed by atoms with Gasteiger partial charge in [0.1, 0.15) is 18.3 Å². The van der Waals surface area contributed by atoms with Crippen LogP contribution in [0.2, 0.25) is 0 Å². The van der Waals surface area contributed by atoms with E-state index in [0.717, 1.165) is 0 Å². The van der Waals surface area contributed by atoms with E-state index in [1.54, 1.807) is 38.1 Å². The van der Waals surface area contributed by atoms with E-state index in [4.69, 9.17) is 23.7 Å². The van der Waals surface area contributed by atoms with Gasteiger partial charge in [-0.05, 0) is 26.0 Å². The molecule has 24 heavy (non-hydrogen) atoms. The Balaban J connectivity index is 1.83. The highest BCUT2D eigenvalue weighted by Gasteiger charge is 2.56. The molecule has 0 saturated carbocycles. The molecule has 0 unspecified atom stereocenters. The van der Waals surface area contributed by atoms with Crippen molar-refractivity contribution in [2.45, 2.75) is 50.3 Å². The number of hydrogen-bond donors (Lipinski definition) is 1. The lowest BCUT2D eigenvalue weighted by molar-refractivity contribution is -0.273. The number of carbonyl (C=O) groups excluding carboxylic acids is 1. The summed E-state index contributed by atoms with van der Waals surface area (Å²) in [6.45, 7) is 3.27. The van der Waals surface area contributed by atoms with Crippen LogP contribution in [0.3, 0.4) is 0 Å². The smallest absolute Gasteiger partial charge is 0.338 e. The molecule has 1 aromatic carbocycles. The predicted octanol–water partition coefficient (Wildman–Crippen LogP) is 1.10. The molecule has 2 aliphatic heterocycles. The Kier molecular flexibility index (Phi) is 4.89. The number of carbonyl (C=O) groups is 1. The fourth-order valence-corrected chi connectivity index (χ4v) is 3.07. The summed E-state index contributed by atoms with van der Waals surface area (Å²) in [5.74, 6) is -1.37. The van der Waals surface area contributed by atoms with Crippen LogP contribution in [0.4, 0.5) is 0 Å². The van der Waals surface area contributed by atoms with Gasteiger partial charge in [-0.25, -0.2) is 4.79 Å². The first-order valence-electron chi connectivity index (χ1n) is 7.86. The molecule has 1 N–H and O–H groups in total. The molecule has 0 aliphatic carbocycles. The lowest BCUT2D eigenvalue weighted by atomic mass is 9.99. The summed E-state index contributed by atoms with van der Waals surface area (Å²) in [7, 11) is 1.45. The molecule has 3 rings (SSSR count). The molecular weight excluding hydrogens is 316 g/mol. The number of ether oxygens (including phenoxy) is 5. The van der Waals surface area contributed by atoms with Gasteiger partial charge in [-0.2, -0.15) is 0 Å². The number of hydrogen-bond acceptors (Lipinski definition) is 7. The second-order valence-electron chi connectivity index (χ2n) is 6.26. The Morgan fingerprint density at radius 2 is 1.88 bits per heavy atom. The summed E-state index contributed by atoms with van der Waals surface area (Å²) in [6.07, 6.45) is -3.42. The van der Waals surface area contributed by atoms with Crippen molar-refractivity contribution in [1.82, 2.24) is 0 Å². The zero-order chi connectivity index (χ0) is 17.3. The molecule has 132 valence electrons. The van der Waals surface area contributed by atoms with Crippen molar-refractivity contribution in [3.05, 3.63) is 35.9 Å². The molecule has 2 aliphatic rings. The van der Waals surface area contributed by atoms with Crippen molar-refractivity contribution < 1.29 is 33.6 Å². The molecule has 1 aromatic rings. The van der Waals surface area contributed by atoms with Gasteiger partial charge in [0, 0.05) is 7.11 Å². The van der Waals surface area contributed by atoms with Crippen LogP contribution in [0, 0.1) is 0 Å². The van der Waals surface area contributed by atoms with Gasteiger partial charge in [-0.3, -0.25) is 0 Å². The van der Waals surface area contributed by atoms with Crippen LogP contribution < -0.4 is 0 Å². The molecule has 7 heteroatoms. The van der Waals surface area contributed by atoms with Crippen LogP contribution in [-0.4, -0.2) is 61.3 Å². The number of esters is 1. The van der Waals surface area contributed by atoms with Crippen molar-refractivity contribution >= 4 is 5.97 Å². The third kappa shape index (κ3) is 3.31. The molecule has 5 atom stereocenters. The lowest BCUT2D eigenvalue weighted by Gasteiger charge is -2.40. The molecule has 0 spiro atoms. The first kappa shape index (κ1) is 17.3. The highest BCUT2D eigenvalue weighted by Crippen LogP contribution is 2.38. The molecular formula is C17H22O7. The van der Waals surface area contributed by atoms with Gasteiger partial charge in [0.05, 0.1) is 12.2 Å². The average Bonchev–Trinajstić information content (AvgIpc) is 2.91. The summed E-state index contributed by atoms with van der Waals surface area (Å²) in [6, 6.07) is 8.65. The second kappa shape index (κ2) is 6.78. The number of fused-ring (bicyclic) bond motifs is 1. The van der Waals surface area contributed by atoms with Gasteiger partial charge < -0.3 is 28.8 Å². The zero-order valence-electron chi connectivity index (χ0n) is 13.9.